The fourth-order valence-corrected chi connectivity index (χ4v) is 3.82. The van der Waals surface area contributed by atoms with E-state index in [2.05, 4.69) is 15.9 Å². The minimum atomic E-state index is -5.30. The lowest BCUT2D eigenvalue weighted by Gasteiger charge is -2.15. The lowest BCUT2D eigenvalue weighted by Crippen LogP contribution is -2.15. The second-order valence-electron chi connectivity index (χ2n) is 3.27. The Hall–Kier alpha value is -0.480. The van der Waals surface area contributed by atoms with Crippen LogP contribution in [0.25, 0.3) is 0 Å². The first kappa shape index (κ1) is 16.6. The van der Waals surface area contributed by atoms with Gasteiger partial charge in [-0.25, -0.2) is 8.42 Å². The number of benzene rings is 1. The first-order valence-corrected chi connectivity index (χ1v) is 7.27. The highest BCUT2D eigenvalue weighted by Crippen LogP contribution is 2.43. The molecule has 0 saturated heterocycles. The standard InChI is InChI=1S/C8H2BrClF6O2S/c9-5-2-3(7(11,12)13)1-4(8(14,15)16)6(5)19(10,17)18/h1-2H. The normalized spacial score (nSPS) is 13.7. The molecule has 11 heteroatoms. The van der Waals surface area contributed by atoms with Crippen LogP contribution in [0.4, 0.5) is 26.3 Å². The van der Waals surface area contributed by atoms with Gasteiger partial charge in [-0.1, -0.05) is 0 Å². The molecule has 0 aliphatic rings. The van der Waals surface area contributed by atoms with Crippen molar-refractivity contribution in [1.29, 1.82) is 0 Å². The number of halogens is 8. The van der Waals surface area contributed by atoms with E-state index in [9.17, 15) is 34.8 Å². The minimum Gasteiger partial charge on any atom is -0.207 e. The largest absolute Gasteiger partial charge is 0.417 e. The van der Waals surface area contributed by atoms with Gasteiger partial charge in [0.1, 0.15) is 4.90 Å². The van der Waals surface area contributed by atoms with Gasteiger partial charge in [0.2, 0.25) is 0 Å². The van der Waals surface area contributed by atoms with E-state index >= 15 is 0 Å². The highest BCUT2D eigenvalue weighted by Gasteiger charge is 2.42. The van der Waals surface area contributed by atoms with Crippen molar-refractivity contribution in [3.05, 3.63) is 27.7 Å². The molecule has 2 nitrogen and oxygen atoms in total. The molecule has 0 N–H and O–H groups in total. The third-order valence-electron chi connectivity index (χ3n) is 1.92. The van der Waals surface area contributed by atoms with E-state index in [-0.39, 0.29) is 12.1 Å². The minimum absolute atomic E-state index is 0.213. The van der Waals surface area contributed by atoms with E-state index in [4.69, 9.17) is 10.7 Å². The molecule has 0 spiro atoms. The van der Waals surface area contributed by atoms with Crippen LogP contribution in [0.5, 0.6) is 0 Å². The van der Waals surface area contributed by atoms with Gasteiger partial charge in [0.15, 0.2) is 0 Å². The van der Waals surface area contributed by atoms with Crippen molar-refractivity contribution in [3.8, 4) is 0 Å². The zero-order chi connectivity index (χ0) is 15.2. The molecule has 0 amide bonds. The zero-order valence-electron chi connectivity index (χ0n) is 8.40. The molecular formula is C8H2BrClF6O2S. The summed E-state index contributed by atoms with van der Waals surface area (Å²) in [6.45, 7) is 0. The van der Waals surface area contributed by atoms with Crippen LogP contribution in [-0.4, -0.2) is 8.42 Å². The van der Waals surface area contributed by atoms with Gasteiger partial charge >= 0.3 is 12.4 Å². The molecule has 0 heterocycles. The Bertz CT molecular complexity index is 607. The van der Waals surface area contributed by atoms with Crippen LogP contribution in [0.2, 0.25) is 0 Å². The molecule has 19 heavy (non-hydrogen) atoms. The molecule has 0 aliphatic heterocycles. The van der Waals surface area contributed by atoms with Crippen LogP contribution in [0.15, 0.2) is 21.5 Å². The average Bonchev–Trinajstić information content (AvgIpc) is 2.11. The second-order valence-corrected chi connectivity index (χ2v) is 6.63. The molecule has 1 aromatic carbocycles. The SMILES string of the molecule is O=S(=O)(Cl)c1c(Br)cc(C(F)(F)F)cc1C(F)(F)F. The molecule has 0 fully saturated rings. The summed E-state index contributed by atoms with van der Waals surface area (Å²) >= 11 is 2.36. The molecule has 0 atom stereocenters. The maximum absolute atomic E-state index is 12.6. The van der Waals surface area contributed by atoms with Gasteiger partial charge in [-0.05, 0) is 28.1 Å². The predicted molar refractivity (Wildman–Crippen MR) is 57.2 cm³/mol. The molecule has 1 rings (SSSR count). The Morgan fingerprint density at radius 3 is 1.79 bits per heavy atom. The first-order chi connectivity index (χ1) is 8.24. The van der Waals surface area contributed by atoms with Crippen molar-refractivity contribution >= 4 is 35.7 Å². The number of rotatable bonds is 1. The summed E-state index contributed by atoms with van der Waals surface area (Å²) in [7, 11) is -0.0689. The Balaban J connectivity index is 3.79. The van der Waals surface area contributed by atoms with Gasteiger partial charge in [-0.3, -0.25) is 0 Å². The molecule has 0 radical (unpaired) electrons. The summed E-state index contributed by atoms with van der Waals surface area (Å²) in [5, 5.41) is 0. The number of alkyl halides is 6. The molecule has 0 saturated carbocycles. The third-order valence-corrected chi connectivity index (χ3v) is 4.20. The Labute approximate surface area is 115 Å². The molecule has 108 valence electrons. The van der Waals surface area contributed by atoms with E-state index in [1.165, 1.54) is 0 Å². The highest BCUT2D eigenvalue weighted by atomic mass is 79.9. The van der Waals surface area contributed by atoms with Crippen molar-refractivity contribution in [2.75, 3.05) is 0 Å². The number of hydrogen-bond acceptors (Lipinski definition) is 2. The first-order valence-electron chi connectivity index (χ1n) is 4.17. The van der Waals surface area contributed by atoms with Crippen molar-refractivity contribution in [3.63, 3.8) is 0 Å². The molecule has 1 aromatic rings. The Morgan fingerprint density at radius 1 is 1.00 bits per heavy atom. The van der Waals surface area contributed by atoms with Crippen molar-refractivity contribution in [2.24, 2.45) is 0 Å². The van der Waals surface area contributed by atoms with Gasteiger partial charge in [0, 0.05) is 15.2 Å². The summed E-state index contributed by atoms with van der Waals surface area (Å²) in [5.41, 5.74) is -3.63. The van der Waals surface area contributed by atoms with E-state index < -0.39 is 41.9 Å². The van der Waals surface area contributed by atoms with E-state index in [0.29, 0.717) is 0 Å². The van der Waals surface area contributed by atoms with Crippen molar-refractivity contribution in [2.45, 2.75) is 17.2 Å². The lowest BCUT2D eigenvalue weighted by molar-refractivity contribution is -0.144. The Kier molecular flexibility index (Phi) is 4.20. The highest BCUT2D eigenvalue weighted by molar-refractivity contribution is 9.10. The Morgan fingerprint density at radius 2 is 1.47 bits per heavy atom. The topological polar surface area (TPSA) is 34.1 Å². The number of hydrogen-bond donors (Lipinski definition) is 0. The van der Waals surface area contributed by atoms with Crippen LogP contribution in [-0.2, 0) is 21.4 Å². The monoisotopic (exact) mass is 390 g/mol. The van der Waals surface area contributed by atoms with Crippen LogP contribution in [0.3, 0.4) is 0 Å². The second kappa shape index (κ2) is 4.81. The fraction of sp³-hybridized carbons (Fsp3) is 0.250. The van der Waals surface area contributed by atoms with E-state index in [1.807, 2.05) is 0 Å². The van der Waals surface area contributed by atoms with Gasteiger partial charge in [-0.15, -0.1) is 0 Å². The predicted octanol–water partition coefficient (Wildman–Crippen LogP) is 4.41. The summed E-state index contributed by atoms with van der Waals surface area (Å²) in [4.78, 5) is -1.45. The van der Waals surface area contributed by atoms with E-state index in [0.717, 1.165) is 0 Å². The van der Waals surface area contributed by atoms with Gasteiger partial charge in [0.05, 0.1) is 11.1 Å². The van der Waals surface area contributed by atoms with Crippen LogP contribution in [0, 0.1) is 0 Å². The van der Waals surface area contributed by atoms with Crippen molar-refractivity contribution in [1.82, 2.24) is 0 Å². The summed E-state index contributed by atoms with van der Waals surface area (Å²) in [6.07, 6.45) is -10.4. The smallest absolute Gasteiger partial charge is 0.207 e. The van der Waals surface area contributed by atoms with Gasteiger partial charge in [0.25, 0.3) is 9.05 Å². The molecular weight excluding hydrogens is 389 g/mol. The average molecular weight is 392 g/mol. The van der Waals surface area contributed by atoms with Gasteiger partial charge < -0.3 is 0 Å². The van der Waals surface area contributed by atoms with Crippen LogP contribution in [0.1, 0.15) is 11.1 Å². The molecule has 0 aromatic heterocycles. The summed E-state index contributed by atoms with van der Waals surface area (Å²) in [6, 6.07) is -0.0927. The zero-order valence-corrected chi connectivity index (χ0v) is 11.6. The lowest BCUT2D eigenvalue weighted by atomic mass is 10.1. The van der Waals surface area contributed by atoms with E-state index in [1.54, 1.807) is 0 Å². The summed E-state index contributed by atoms with van der Waals surface area (Å²) < 4.78 is 96.2. The fourth-order valence-electron chi connectivity index (χ4n) is 1.22. The van der Waals surface area contributed by atoms with Crippen molar-refractivity contribution < 1.29 is 34.8 Å². The molecule has 0 bridgehead atoms. The quantitative estimate of drug-likeness (QED) is 0.525. The maximum Gasteiger partial charge on any atom is 0.417 e. The maximum atomic E-state index is 12.6. The van der Waals surface area contributed by atoms with Crippen LogP contribution < -0.4 is 0 Å². The van der Waals surface area contributed by atoms with Crippen LogP contribution >= 0.6 is 26.6 Å². The molecule has 0 unspecified atom stereocenters. The third kappa shape index (κ3) is 3.76. The molecule has 0 aliphatic carbocycles. The van der Waals surface area contributed by atoms with Gasteiger partial charge in [-0.2, -0.15) is 26.3 Å². The summed E-state index contributed by atoms with van der Waals surface area (Å²) in [5.74, 6) is 0.